The molecule has 1 aromatic heterocycles. The lowest BCUT2D eigenvalue weighted by molar-refractivity contribution is 0.101. The van der Waals surface area contributed by atoms with Crippen LogP contribution in [0.25, 0.3) is 0 Å². The predicted octanol–water partition coefficient (Wildman–Crippen LogP) is 4.93. The van der Waals surface area contributed by atoms with E-state index in [0.29, 0.717) is 17.2 Å². The topological polar surface area (TPSA) is 66.9 Å². The van der Waals surface area contributed by atoms with Gasteiger partial charge < -0.3 is 10.6 Å². The molecule has 2 aromatic carbocycles. The lowest BCUT2D eigenvalue weighted by atomic mass is 10.1. The van der Waals surface area contributed by atoms with Crippen molar-refractivity contribution in [1.29, 1.82) is 0 Å². The largest absolute Gasteiger partial charge is 0.340 e. The van der Waals surface area contributed by atoms with E-state index in [9.17, 15) is 4.79 Å². The summed E-state index contributed by atoms with van der Waals surface area (Å²) in [7, 11) is 0. The van der Waals surface area contributed by atoms with E-state index in [1.54, 1.807) is 19.1 Å². The third-order valence-corrected chi connectivity index (χ3v) is 3.82. The summed E-state index contributed by atoms with van der Waals surface area (Å²) in [5, 5.41) is 6.43. The molecular weight excluding hydrogens is 368 g/mol. The van der Waals surface area contributed by atoms with Crippen LogP contribution in [0.4, 0.5) is 23.0 Å². The van der Waals surface area contributed by atoms with Crippen LogP contribution in [0.1, 0.15) is 17.3 Å². The van der Waals surface area contributed by atoms with Gasteiger partial charge in [-0.2, -0.15) is 0 Å². The Morgan fingerprint density at radius 3 is 2.21 bits per heavy atom. The summed E-state index contributed by atoms with van der Waals surface area (Å²) < 4.78 is 0.991. The molecule has 0 saturated carbocycles. The van der Waals surface area contributed by atoms with Gasteiger partial charge in [0.1, 0.15) is 18.0 Å². The Hall–Kier alpha value is -2.73. The molecule has 0 bridgehead atoms. The van der Waals surface area contributed by atoms with Crippen LogP contribution in [-0.4, -0.2) is 15.8 Å². The second kappa shape index (κ2) is 7.23. The number of anilines is 4. The quantitative estimate of drug-likeness (QED) is 0.612. The minimum Gasteiger partial charge on any atom is -0.340 e. The maximum atomic E-state index is 11.3. The number of carbonyl (C=O) groups is 1. The molecule has 5 nitrogen and oxygen atoms in total. The Labute approximate surface area is 148 Å². The van der Waals surface area contributed by atoms with Gasteiger partial charge in [-0.3, -0.25) is 4.79 Å². The zero-order chi connectivity index (χ0) is 16.9. The molecule has 0 unspecified atom stereocenters. The Bertz CT molecular complexity index is 865. The van der Waals surface area contributed by atoms with Crippen LogP contribution >= 0.6 is 15.9 Å². The van der Waals surface area contributed by atoms with Crippen molar-refractivity contribution in [2.24, 2.45) is 0 Å². The summed E-state index contributed by atoms with van der Waals surface area (Å²) in [6.45, 7) is 1.55. The zero-order valence-corrected chi connectivity index (χ0v) is 14.5. The molecule has 120 valence electrons. The lowest BCUT2D eigenvalue weighted by Gasteiger charge is -2.09. The lowest BCUT2D eigenvalue weighted by Crippen LogP contribution is -1.99. The number of nitrogens with one attached hydrogen (secondary N) is 2. The Balaban J connectivity index is 1.74. The normalized spacial score (nSPS) is 10.2. The van der Waals surface area contributed by atoms with Gasteiger partial charge in [0.05, 0.1) is 0 Å². The SMILES string of the molecule is CC(=O)c1ccc(Nc2cc(Nc3cccc(Br)c3)ncn2)cc1. The molecule has 1 heterocycles. The Morgan fingerprint density at radius 2 is 1.58 bits per heavy atom. The molecule has 0 amide bonds. The van der Waals surface area contributed by atoms with E-state index in [1.165, 1.54) is 6.33 Å². The van der Waals surface area contributed by atoms with E-state index in [0.717, 1.165) is 15.8 Å². The van der Waals surface area contributed by atoms with Crippen molar-refractivity contribution in [2.45, 2.75) is 6.92 Å². The molecule has 0 aliphatic rings. The molecule has 3 rings (SSSR count). The van der Waals surface area contributed by atoms with Crippen molar-refractivity contribution >= 4 is 44.7 Å². The first kappa shape index (κ1) is 16.1. The Kier molecular flexibility index (Phi) is 4.86. The van der Waals surface area contributed by atoms with E-state index < -0.39 is 0 Å². The molecule has 0 atom stereocenters. The molecule has 3 aromatic rings. The van der Waals surface area contributed by atoms with Gasteiger partial charge in [0.15, 0.2) is 5.78 Å². The van der Waals surface area contributed by atoms with Gasteiger partial charge in [0.2, 0.25) is 0 Å². The summed E-state index contributed by atoms with van der Waals surface area (Å²) in [6.07, 6.45) is 1.49. The van der Waals surface area contributed by atoms with Gasteiger partial charge in [0, 0.05) is 27.5 Å². The monoisotopic (exact) mass is 382 g/mol. The highest BCUT2D eigenvalue weighted by atomic mass is 79.9. The molecule has 0 fully saturated rings. The van der Waals surface area contributed by atoms with Gasteiger partial charge >= 0.3 is 0 Å². The maximum absolute atomic E-state index is 11.3. The summed E-state index contributed by atoms with van der Waals surface area (Å²) in [5.41, 5.74) is 2.46. The molecular formula is C18H15BrN4O. The number of nitrogens with zero attached hydrogens (tertiary/aromatic N) is 2. The number of benzene rings is 2. The van der Waals surface area contributed by atoms with Gasteiger partial charge in [0.25, 0.3) is 0 Å². The zero-order valence-electron chi connectivity index (χ0n) is 13.0. The molecule has 0 aliphatic carbocycles. The first-order chi connectivity index (χ1) is 11.6. The van der Waals surface area contributed by atoms with E-state index in [1.807, 2.05) is 42.5 Å². The molecule has 0 spiro atoms. The van der Waals surface area contributed by atoms with Crippen molar-refractivity contribution in [1.82, 2.24) is 9.97 Å². The van der Waals surface area contributed by atoms with E-state index in [4.69, 9.17) is 0 Å². The first-order valence-corrected chi connectivity index (χ1v) is 8.12. The second-order valence-electron chi connectivity index (χ2n) is 5.18. The van der Waals surface area contributed by atoms with Crippen LogP contribution in [0.2, 0.25) is 0 Å². The van der Waals surface area contributed by atoms with Crippen LogP contribution in [0.3, 0.4) is 0 Å². The number of hydrogen-bond acceptors (Lipinski definition) is 5. The number of halogens is 1. The third-order valence-electron chi connectivity index (χ3n) is 3.33. The van der Waals surface area contributed by atoms with E-state index in [2.05, 4.69) is 36.5 Å². The maximum Gasteiger partial charge on any atom is 0.159 e. The number of ketones is 1. The fourth-order valence-corrected chi connectivity index (χ4v) is 2.54. The molecule has 0 aliphatic heterocycles. The summed E-state index contributed by atoms with van der Waals surface area (Å²) >= 11 is 3.44. The van der Waals surface area contributed by atoms with E-state index >= 15 is 0 Å². The fraction of sp³-hybridized carbons (Fsp3) is 0.0556. The van der Waals surface area contributed by atoms with Crippen molar-refractivity contribution in [3.8, 4) is 0 Å². The molecule has 0 radical (unpaired) electrons. The number of carbonyl (C=O) groups excluding carboxylic acids is 1. The summed E-state index contributed by atoms with van der Waals surface area (Å²) in [5.74, 6) is 1.40. The summed E-state index contributed by atoms with van der Waals surface area (Å²) in [6, 6.07) is 16.9. The minimum absolute atomic E-state index is 0.0455. The third kappa shape index (κ3) is 4.17. The number of rotatable bonds is 5. The second-order valence-corrected chi connectivity index (χ2v) is 6.10. The highest BCUT2D eigenvalue weighted by Gasteiger charge is 2.03. The average Bonchev–Trinajstić information content (AvgIpc) is 2.56. The van der Waals surface area contributed by atoms with E-state index in [-0.39, 0.29) is 5.78 Å². The van der Waals surface area contributed by atoms with Crippen LogP contribution < -0.4 is 10.6 Å². The molecule has 24 heavy (non-hydrogen) atoms. The number of aromatic nitrogens is 2. The van der Waals surface area contributed by atoms with Crippen LogP contribution in [0.5, 0.6) is 0 Å². The first-order valence-electron chi connectivity index (χ1n) is 7.33. The van der Waals surface area contributed by atoms with Crippen LogP contribution in [0.15, 0.2) is 65.4 Å². The highest BCUT2D eigenvalue weighted by molar-refractivity contribution is 9.10. The van der Waals surface area contributed by atoms with Crippen molar-refractivity contribution in [3.63, 3.8) is 0 Å². The predicted molar refractivity (Wildman–Crippen MR) is 99.2 cm³/mol. The molecule has 2 N–H and O–H groups in total. The standard InChI is InChI=1S/C18H15BrN4O/c1-12(24)13-5-7-15(8-6-13)22-17-10-18(21-11-20-17)23-16-4-2-3-14(19)9-16/h2-11H,1H3,(H2,20,21,22,23). The van der Waals surface area contributed by atoms with Crippen molar-refractivity contribution in [2.75, 3.05) is 10.6 Å². The van der Waals surface area contributed by atoms with Gasteiger partial charge in [-0.1, -0.05) is 22.0 Å². The average molecular weight is 383 g/mol. The molecule has 6 heteroatoms. The fourth-order valence-electron chi connectivity index (χ4n) is 2.14. The molecule has 0 saturated heterocycles. The smallest absolute Gasteiger partial charge is 0.159 e. The number of Topliss-reactive ketones (excluding diaryl/α,β-unsaturated/α-hetero) is 1. The minimum atomic E-state index is 0.0455. The van der Waals surface area contributed by atoms with Crippen molar-refractivity contribution < 1.29 is 4.79 Å². The van der Waals surface area contributed by atoms with Crippen LogP contribution in [0, 0.1) is 0 Å². The van der Waals surface area contributed by atoms with Gasteiger partial charge in [-0.25, -0.2) is 9.97 Å². The van der Waals surface area contributed by atoms with Crippen LogP contribution in [-0.2, 0) is 0 Å². The van der Waals surface area contributed by atoms with Crippen molar-refractivity contribution in [3.05, 3.63) is 71.0 Å². The highest BCUT2D eigenvalue weighted by Crippen LogP contribution is 2.21. The Morgan fingerprint density at radius 1 is 0.917 bits per heavy atom. The van der Waals surface area contributed by atoms with Gasteiger partial charge in [-0.05, 0) is 49.4 Å². The summed E-state index contributed by atoms with van der Waals surface area (Å²) in [4.78, 5) is 19.7. The van der Waals surface area contributed by atoms with Gasteiger partial charge in [-0.15, -0.1) is 0 Å². The number of hydrogen-bond donors (Lipinski definition) is 2.